The van der Waals surface area contributed by atoms with Gasteiger partial charge in [-0.15, -0.1) is 0 Å². The third-order valence-electron chi connectivity index (χ3n) is 1.91. The summed E-state index contributed by atoms with van der Waals surface area (Å²) in [6.07, 6.45) is 9.84. The van der Waals surface area contributed by atoms with Crippen LogP contribution in [0.3, 0.4) is 0 Å². The van der Waals surface area contributed by atoms with Gasteiger partial charge in [0.2, 0.25) is 0 Å². The summed E-state index contributed by atoms with van der Waals surface area (Å²) in [5.74, 6) is 0. The van der Waals surface area contributed by atoms with E-state index < -0.39 is 0 Å². The maximum absolute atomic E-state index is 8.50. The summed E-state index contributed by atoms with van der Waals surface area (Å²) in [7, 11) is 0. The summed E-state index contributed by atoms with van der Waals surface area (Å²) < 4.78 is 0. The molecule has 0 aromatic heterocycles. The molecule has 0 aromatic rings. The Balaban J connectivity index is 2.69. The second-order valence-corrected chi connectivity index (χ2v) is 3.05. The number of rotatable bonds is 8. The average molecular weight is 157 g/mol. The van der Waals surface area contributed by atoms with E-state index >= 15 is 0 Å². The molecule has 0 heterocycles. The van der Waals surface area contributed by atoms with Crippen molar-refractivity contribution in [2.24, 2.45) is 0 Å². The van der Waals surface area contributed by atoms with Crippen molar-refractivity contribution in [3.05, 3.63) is 6.92 Å². The first-order chi connectivity index (χ1) is 5.41. The summed E-state index contributed by atoms with van der Waals surface area (Å²) in [5, 5.41) is 8.50. The zero-order valence-corrected chi connectivity index (χ0v) is 7.52. The topological polar surface area (TPSA) is 20.2 Å². The van der Waals surface area contributed by atoms with Crippen molar-refractivity contribution in [2.45, 2.75) is 51.4 Å². The molecule has 0 aromatic carbocycles. The molecule has 1 radical (unpaired) electrons. The van der Waals surface area contributed by atoms with Crippen molar-refractivity contribution in [2.75, 3.05) is 6.61 Å². The summed E-state index contributed by atoms with van der Waals surface area (Å²) in [6.45, 7) is 4.16. The summed E-state index contributed by atoms with van der Waals surface area (Å²) in [6, 6.07) is 0. The van der Waals surface area contributed by atoms with Crippen LogP contribution in [0.25, 0.3) is 0 Å². The number of unbranched alkanes of at least 4 members (excludes halogenated alkanes) is 7. The highest BCUT2D eigenvalue weighted by Crippen LogP contribution is 2.07. The van der Waals surface area contributed by atoms with Crippen LogP contribution in [0.5, 0.6) is 0 Å². The molecule has 67 valence electrons. The number of aliphatic hydroxyl groups is 1. The molecule has 0 saturated carbocycles. The van der Waals surface area contributed by atoms with E-state index in [1.165, 1.54) is 38.5 Å². The van der Waals surface area contributed by atoms with Crippen LogP contribution >= 0.6 is 0 Å². The van der Waals surface area contributed by atoms with Crippen LogP contribution < -0.4 is 0 Å². The molecule has 0 saturated heterocycles. The van der Waals surface area contributed by atoms with Crippen molar-refractivity contribution in [1.82, 2.24) is 0 Å². The summed E-state index contributed by atoms with van der Waals surface area (Å²) >= 11 is 0. The molecule has 0 fully saturated rings. The van der Waals surface area contributed by atoms with Crippen molar-refractivity contribution < 1.29 is 5.11 Å². The second kappa shape index (κ2) is 9.96. The molecule has 1 heteroatoms. The highest BCUT2D eigenvalue weighted by Gasteiger charge is 1.89. The Hall–Kier alpha value is -0.0400. The van der Waals surface area contributed by atoms with Gasteiger partial charge in [0.05, 0.1) is 0 Å². The SMILES string of the molecule is [CH2]CCCCCCCCCO. The van der Waals surface area contributed by atoms with E-state index in [1.54, 1.807) is 0 Å². The van der Waals surface area contributed by atoms with Crippen molar-refractivity contribution in [3.63, 3.8) is 0 Å². The molecule has 0 aliphatic heterocycles. The Morgan fingerprint density at radius 1 is 0.727 bits per heavy atom. The quantitative estimate of drug-likeness (QED) is 0.537. The lowest BCUT2D eigenvalue weighted by atomic mass is 10.1. The minimum atomic E-state index is 0.360. The third-order valence-corrected chi connectivity index (χ3v) is 1.91. The Kier molecular flexibility index (Phi) is 9.92. The van der Waals surface area contributed by atoms with Crippen molar-refractivity contribution >= 4 is 0 Å². The molecule has 0 spiro atoms. The molecule has 0 rings (SSSR count). The Morgan fingerprint density at radius 3 is 1.64 bits per heavy atom. The van der Waals surface area contributed by atoms with Gasteiger partial charge in [0.1, 0.15) is 0 Å². The first-order valence-corrected chi connectivity index (χ1v) is 4.82. The van der Waals surface area contributed by atoms with Crippen LogP contribution in [0.15, 0.2) is 0 Å². The molecular formula is C10H21O. The van der Waals surface area contributed by atoms with Crippen molar-refractivity contribution in [1.29, 1.82) is 0 Å². The van der Waals surface area contributed by atoms with E-state index in [4.69, 9.17) is 5.11 Å². The lowest BCUT2D eigenvalue weighted by Gasteiger charge is -1.98. The molecule has 0 unspecified atom stereocenters. The number of hydrogen-bond donors (Lipinski definition) is 1. The molecule has 0 bridgehead atoms. The maximum atomic E-state index is 8.50. The Bertz CT molecular complexity index is 53.9. The minimum Gasteiger partial charge on any atom is -0.396 e. The lowest BCUT2D eigenvalue weighted by Crippen LogP contribution is -1.83. The normalized spacial score (nSPS) is 10.4. The summed E-state index contributed by atoms with van der Waals surface area (Å²) in [5.41, 5.74) is 0. The van der Waals surface area contributed by atoms with Gasteiger partial charge in [-0.05, 0) is 6.42 Å². The molecule has 0 aliphatic carbocycles. The van der Waals surface area contributed by atoms with Crippen LogP contribution in [0.2, 0.25) is 0 Å². The van der Waals surface area contributed by atoms with Crippen LogP contribution in [0.1, 0.15) is 51.4 Å². The van der Waals surface area contributed by atoms with E-state index in [2.05, 4.69) is 6.92 Å². The van der Waals surface area contributed by atoms with Crippen LogP contribution in [0.4, 0.5) is 0 Å². The molecule has 1 nitrogen and oxygen atoms in total. The van der Waals surface area contributed by atoms with Crippen LogP contribution in [-0.4, -0.2) is 11.7 Å². The second-order valence-electron chi connectivity index (χ2n) is 3.05. The fourth-order valence-corrected chi connectivity index (χ4v) is 1.17. The van der Waals surface area contributed by atoms with Crippen LogP contribution in [0, 0.1) is 6.92 Å². The van der Waals surface area contributed by atoms with Gasteiger partial charge in [-0.1, -0.05) is 51.9 Å². The minimum absolute atomic E-state index is 0.360. The highest BCUT2D eigenvalue weighted by molar-refractivity contribution is 4.46. The van der Waals surface area contributed by atoms with Gasteiger partial charge in [-0.25, -0.2) is 0 Å². The molecule has 11 heavy (non-hydrogen) atoms. The predicted octanol–water partition coefficient (Wildman–Crippen LogP) is 2.93. The Labute approximate surface area is 70.8 Å². The van der Waals surface area contributed by atoms with Crippen molar-refractivity contribution in [3.8, 4) is 0 Å². The molecule has 0 amide bonds. The third kappa shape index (κ3) is 9.96. The molecular weight excluding hydrogens is 136 g/mol. The molecule has 0 aliphatic rings. The van der Waals surface area contributed by atoms with Gasteiger partial charge in [-0.2, -0.15) is 0 Å². The van der Waals surface area contributed by atoms with E-state index in [1.807, 2.05) is 0 Å². The molecule has 0 atom stereocenters. The summed E-state index contributed by atoms with van der Waals surface area (Å²) in [4.78, 5) is 0. The van der Waals surface area contributed by atoms with E-state index in [0.717, 1.165) is 12.8 Å². The maximum Gasteiger partial charge on any atom is 0.0431 e. The monoisotopic (exact) mass is 157 g/mol. The Morgan fingerprint density at radius 2 is 1.18 bits per heavy atom. The predicted molar refractivity (Wildman–Crippen MR) is 49.4 cm³/mol. The van der Waals surface area contributed by atoms with Gasteiger partial charge < -0.3 is 5.11 Å². The van der Waals surface area contributed by atoms with Gasteiger partial charge >= 0.3 is 0 Å². The zero-order valence-electron chi connectivity index (χ0n) is 7.52. The molecule has 1 N–H and O–H groups in total. The first-order valence-electron chi connectivity index (χ1n) is 4.82. The standard InChI is InChI=1S/C10H21O/c1-2-3-4-5-6-7-8-9-10-11/h11H,1-10H2. The van der Waals surface area contributed by atoms with Crippen LogP contribution in [-0.2, 0) is 0 Å². The van der Waals surface area contributed by atoms with Gasteiger partial charge in [0, 0.05) is 6.61 Å². The first kappa shape index (κ1) is 11.0. The van der Waals surface area contributed by atoms with Gasteiger partial charge in [0.25, 0.3) is 0 Å². The zero-order chi connectivity index (χ0) is 8.36. The average Bonchev–Trinajstić information content (AvgIpc) is 2.03. The fraction of sp³-hybridized carbons (Fsp3) is 0.900. The van der Waals surface area contributed by atoms with Gasteiger partial charge in [-0.3, -0.25) is 0 Å². The smallest absolute Gasteiger partial charge is 0.0431 e. The van der Waals surface area contributed by atoms with E-state index in [0.29, 0.717) is 6.61 Å². The largest absolute Gasteiger partial charge is 0.396 e. The lowest BCUT2D eigenvalue weighted by molar-refractivity contribution is 0.282. The highest BCUT2D eigenvalue weighted by atomic mass is 16.2. The van der Waals surface area contributed by atoms with E-state index in [-0.39, 0.29) is 0 Å². The number of hydrogen-bond acceptors (Lipinski definition) is 1. The number of aliphatic hydroxyl groups excluding tert-OH is 1. The van der Waals surface area contributed by atoms with Gasteiger partial charge in [0.15, 0.2) is 0 Å². The van der Waals surface area contributed by atoms with E-state index in [9.17, 15) is 0 Å². The fourth-order valence-electron chi connectivity index (χ4n) is 1.17.